The van der Waals surface area contributed by atoms with E-state index in [9.17, 15) is 14.4 Å². The Morgan fingerprint density at radius 1 is 0.926 bits per heavy atom. The van der Waals surface area contributed by atoms with Crippen molar-refractivity contribution in [1.29, 1.82) is 0 Å². The van der Waals surface area contributed by atoms with Crippen molar-refractivity contribution in [2.45, 2.75) is 39.7 Å². The average Bonchev–Trinajstić information content (AvgIpc) is 2.60. The van der Waals surface area contributed by atoms with Crippen molar-refractivity contribution in [3.05, 3.63) is 59.7 Å². The SMILES string of the molecule is CCC(=O)Oc1cccc(C(=O)Nc2cccc(C(=O)NC(C)(C)C)c2)c1. The molecular weight excluding hydrogens is 344 g/mol. The predicted molar refractivity (Wildman–Crippen MR) is 104 cm³/mol. The Morgan fingerprint density at radius 3 is 2.19 bits per heavy atom. The summed E-state index contributed by atoms with van der Waals surface area (Å²) in [4.78, 5) is 36.1. The average molecular weight is 368 g/mol. The van der Waals surface area contributed by atoms with Gasteiger partial charge in [0.05, 0.1) is 0 Å². The van der Waals surface area contributed by atoms with Crippen LogP contribution < -0.4 is 15.4 Å². The second kappa shape index (κ2) is 8.49. The van der Waals surface area contributed by atoms with Crippen molar-refractivity contribution in [3.8, 4) is 5.75 Å². The topological polar surface area (TPSA) is 84.5 Å². The maximum atomic E-state index is 12.5. The molecule has 0 bridgehead atoms. The van der Waals surface area contributed by atoms with Crippen molar-refractivity contribution in [2.75, 3.05) is 5.32 Å². The molecule has 27 heavy (non-hydrogen) atoms. The molecule has 0 unspecified atom stereocenters. The summed E-state index contributed by atoms with van der Waals surface area (Å²) in [5.74, 6) is -0.636. The molecule has 2 aromatic rings. The molecule has 0 aliphatic heterocycles. The van der Waals surface area contributed by atoms with Gasteiger partial charge >= 0.3 is 5.97 Å². The summed E-state index contributed by atoms with van der Waals surface area (Å²) in [6.45, 7) is 7.39. The van der Waals surface area contributed by atoms with Crippen LogP contribution in [0.5, 0.6) is 5.75 Å². The number of esters is 1. The monoisotopic (exact) mass is 368 g/mol. The van der Waals surface area contributed by atoms with E-state index in [2.05, 4.69) is 10.6 Å². The van der Waals surface area contributed by atoms with Crippen molar-refractivity contribution in [1.82, 2.24) is 5.32 Å². The maximum Gasteiger partial charge on any atom is 0.310 e. The quantitative estimate of drug-likeness (QED) is 0.621. The lowest BCUT2D eigenvalue weighted by atomic mass is 10.1. The third-order valence-electron chi connectivity index (χ3n) is 3.49. The number of ether oxygens (including phenoxy) is 1. The molecule has 0 saturated heterocycles. The van der Waals surface area contributed by atoms with Gasteiger partial charge in [-0.05, 0) is 57.2 Å². The Labute approximate surface area is 158 Å². The molecule has 0 aromatic heterocycles. The Balaban J connectivity index is 2.12. The minimum absolute atomic E-state index is 0.216. The van der Waals surface area contributed by atoms with E-state index in [4.69, 9.17) is 4.74 Å². The van der Waals surface area contributed by atoms with Gasteiger partial charge in [-0.3, -0.25) is 14.4 Å². The fourth-order valence-electron chi connectivity index (χ4n) is 2.26. The molecule has 2 N–H and O–H groups in total. The van der Waals surface area contributed by atoms with E-state index in [-0.39, 0.29) is 29.7 Å². The molecule has 0 radical (unpaired) electrons. The van der Waals surface area contributed by atoms with Gasteiger partial charge in [0.1, 0.15) is 5.75 Å². The summed E-state index contributed by atoms with van der Waals surface area (Å²) in [5, 5.41) is 5.63. The van der Waals surface area contributed by atoms with Crippen LogP contribution in [0, 0.1) is 0 Å². The highest BCUT2D eigenvalue weighted by atomic mass is 16.5. The summed E-state index contributed by atoms with van der Waals surface area (Å²) in [6.07, 6.45) is 0.250. The normalized spacial score (nSPS) is 10.8. The molecular formula is C21H24N2O4. The van der Waals surface area contributed by atoms with Gasteiger partial charge in [-0.15, -0.1) is 0 Å². The second-order valence-electron chi connectivity index (χ2n) is 7.09. The van der Waals surface area contributed by atoms with Gasteiger partial charge < -0.3 is 15.4 Å². The van der Waals surface area contributed by atoms with E-state index >= 15 is 0 Å². The molecule has 0 heterocycles. The van der Waals surface area contributed by atoms with Gasteiger partial charge in [0.25, 0.3) is 11.8 Å². The minimum atomic E-state index is -0.370. The molecule has 6 nitrogen and oxygen atoms in total. The first-order valence-electron chi connectivity index (χ1n) is 8.72. The number of rotatable bonds is 5. The molecule has 0 spiro atoms. The zero-order valence-electron chi connectivity index (χ0n) is 16.0. The Morgan fingerprint density at radius 2 is 1.56 bits per heavy atom. The van der Waals surface area contributed by atoms with Crippen LogP contribution in [0.1, 0.15) is 54.8 Å². The van der Waals surface area contributed by atoms with E-state index in [1.54, 1.807) is 49.4 Å². The number of nitrogens with one attached hydrogen (secondary N) is 2. The Bertz CT molecular complexity index is 853. The van der Waals surface area contributed by atoms with Crippen LogP contribution in [0.25, 0.3) is 0 Å². The smallest absolute Gasteiger partial charge is 0.310 e. The lowest BCUT2D eigenvalue weighted by Gasteiger charge is -2.20. The van der Waals surface area contributed by atoms with E-state index in [0.29, 0.717) is 22.6 Å². The van der Waals surface area contributed by atoms with Crippen LogP contribution in [0.3, 0.4) is 0 Å². The number of carbonyl (C=O) groups excluding carboxylic acids is 3. The van der Waals surface area contributed by atoms with Gasteiger partial charge in [-0.1, -0.05) is 19.1 Å². The maximum absolute atomic E-state index is 12.5. The van der Waals surface area contributed by atoms with E-state index in [1.807, 2.05) is 20.8 Å². The van der Waals surface area contributed by atoms with Gasteiger partial charge in [0.15, 0.2) is 0 Å². The summed E-state index contributed by atoms with van der Waals surface area (Å²) < 4.78 is 5.13. The largest absolute Gasteiger partial charge is 0.427 e. The first-order chi connectivity index (χ1) is 12.7. The standard InChI is InChI=1S/C21H24N2O4/c1-5-18(24)27-17-11-7-9-15(13-17)19(25)22-16-10-6-8-14(12-16)20(26)23-21(2,3)4/h6-13H,5H2,1-4H3,(H,22,25)(H,23,26). The number of amides is 2. The Kier molecular flexibility index (Phi) is 6.34. The first-order valence-corrected chi connectivity index (χ1v) is 8.72. The molecule has 0 atom stereocenters. The van der Waals surface area contributed by atoms with Gasteiger partial charge in [-0.2, -0.15) is 0 Å². The zero-order valence-corrected chi connectivity index (χ0v) is 16.0. The van der Waals surface area contributed by atoms with E-state index in [0.717, 1.165) is 0 Å². The van der Waals surface area contributed by atoms with Crippen molar-refractivity contribution < 1.29 is 19.1 Å². The number of hydrogen-bond acceptors (Lipinski definition) is 4. The molecule has 0 aliphatic rings. The number of benzene rings is 2. The summed E-state index contributed by atoms with van der Waals surface area (Å²) in [7, 11) is 0. The first kappa shape index (κ1) is 20.2. The summed E-state index contributed by atoms with van der Waals surface area (Å²) >= 11 is 0. The van der Waals surface area contributed by atoms with E-state index < -0.39 is 0 Å². The van der Waals surface area contributed by atoms with Gasteiger partial charge in [-0.25, -0.2) is 0 Å². The number of hydrogen-bond donors (Lipinski definition) is 2. The van der Waals surface area contributed by atoms with Crippen LogP contribution in [-0.2, 0) is 4.79 Å². The summed E-state index contributed by atoms with van der Waals surface area (Å²) in [5.41, 5.74) is 0.944. The van der Waals surface area contributed by atoms with Gasteiger partial charge in [0.2, 0.25) is 0 Å². The third-order valence-corrected chi connectivity index (χ3v) is 3.49. The van der Waals surface area contributed by atoms with Crippen LogP contribution >= 0.6 is 0 Å². The minimum Gasteiger partial charge on any atom is -0.427 e. The van der Waals surface area contributed by atoms with Crippen LogP contribution in [0.4, 0.5) is 5.69 Å². The lowest BCUT2D eigenvalue weighted by molar-refractivity contribution is -0.134. The molecule has 6 heteroatoms. The predicted octanol–water partition coefficient (Wildman–Crippen LogP) is 3.78. The number of anilines is 1. The highest BCUT2D eigenvalue weighted by molar-refractivity contribution is 6.05. The molecule has 142 valence electrons. The van der Waals surface area contributed by atoms with Crippen LogP contribution in [0.2, 0.25) is 0 Å². The lowest BCUT2D eigenvalue weighted by Crippen LogP contribution is -2.40. The molecule has 0 saturated carbocycles. The van der Waals surface area contributed by atoms with Crippen molar-refractivity contribution in [2.24, 2.45) is 0 Å². The fourth-order valence-corrected chi connectivity index (χ4v) is 2.26. The van der Waals surface area contributed by atoms with Crippen molar-refractivity contribution in [3.63, 3.8) is 0 Å². The molecule has 0 aliphatic carbocycles. The highest BCUT2D eigenvalue weighted by Crippen LogP contribution is 2.17. The molecule has 2 aromatic carbocycles. The van der Waals surface area contributed by atoms with Crippen molar-refractivity contribution >= 4 is 23.5 Å². The Hall–Kier alpha value is -3.15. The second-order valence-corrected chi connectivity index (χ2v) is 7.09. The zero-order chi connectivity index (χ0) is 20.0. The number of carbonyl (C=O) groups is 3. The van der Waals surface area contributed by atoms with Crippen LogP contribution in [-0.4, -0.2) is 23.3 Å². The fraction of sp³-hybridized carbons (Fsp3) is 0.286. The third kappa shape index (κ3) is 6.26. The highest BCUT2D eigenvalue weighted by Gasteiger charge is 2.16. The van der Waals surface area contributed by atoms with Crippen LogP contribution in [0.15, 0.2) is 48.5 Å². The van der Waals surface area contributed by atoms with E-state index in [1.165, 1.54) is 6.07 Å². The molecule has 2 rings (SSSR count). The molecule has 0 fully saturated rings. The molecule has 2 amide bonds. The summed E-state index contributed by atoms with van der Waals surface area (Å²) in [6, 6.07) is 13.1. The van der Waals surface area contributed by atoms with Gasteiger partial charge in [0, 0.05) is 28.8 Å².